The number of carbonyl (C=O) groups excluding carboxylic acids is 1. The summed E-state index contributed by atoms with van der Waals surface area (Å²) in [6.07, 6.45) is 10.9. The summed E-state index contributed by atoms with van der Waals surface area (Å²) in [4.78, 5) is 13.8. The zero-order valence-electron chi connectivity index (χ0n) is 23.8. The molecule has 5 heterocycles. The van der Waals surface area contributed by atoms with Crippen LogP contribution in [0, 0.1) is 18.3 Å². The van der Waals surface area contributed by atoms with Gasteiger partial charge in [-0.2, -0.15) is 4.31 Å². The molecule has 8 nitrogen and oxygen atoms in total. The van der Waals surface area contributed by atoms with Gasteiger partial charge in [-0.15, -0.1) is 0 Å². The fraction of sp³-hybridized carbons (Fsp3) is 0.581. The molecule has 0 bridgehead atoms. The van der Waals surface area contributed by atoms with E-state index in [1.165, 1.54) is 32.1 Å². The van der Waals surface area contributed by atoms with Crippen LogP contribution >= 0.6 is 0 Å². The number of ether oxygens (including phenoxy) is 1. The maximum atomic E-state index is 13.9. The molecule has 1 aliphatic carbocycles. The summed E-state index contributed by atoms with van der Waals surface area (Å²) in [5.41, 5.74) is 3.94. The first-order valence-corrected chi connectivity index (χ1v) is 16.4. The van der Waals surface area contributed by atoms with Crippen molar-refractivity contribution < 1.29 is 17.9 Å². The Kier molecular flexibility index (Phi) is 7.57. The molecule has 0 atom stereocenters. The van der Waals surface area contributed by atoms with Crippen molar-refractivity contribution in [3.8, 4) is 11.4 Å². The van der Waals surface area contributed by atoms with Crippen LogP contribution < -0.4 is 5.32 Å². The van der Waals surface area contributed by atoms with E-state index in [1.54, 1.807) is 4.31 Å². The van der Waals surface area contributed by atoms with Gasteiger partial charge in [-0.1, -0.05) is 38.7 Å². The van der Waals surface area contributed by atoms with E-state index >= 15 is 0 Å². The molecule has 3 aromatic rings. The molecule has 40 heavy (non-hydrogen) atoms. The van der Waals surface area contributed by atoms with Crippen molar-refractivity contribution in [2.75, 3.05) is 32.8 Å². The fourth-order valence-corrected chi connectivity index (χ4v) is 8.37. The van der Waals surface area contributed by atoms with Crippen LogP contribution in [0.25, 0.3) is 16.9 Å². The smallest absolute Gasteiger partial charge is 0.253 e. The molecule has 1 saturated carbocycles. The summed E-state index contributed by atoms with van der Waals surface area (Å²) in [6, 6.07) is 9.52. The molecule has 0 aromatic carbocycles. The monoisotopic (exact) mass is 566 g/mol. The Morgan fingerprint density at radius 2 is 1.75 bits per heavy atom. The lowest BCUT2D eigenvalue weighted by Crippen LogP contribution is -2.48. The van der Waals surface area contributed by atoms with E-state index in [1.807, 2.05) is 47.9 Å². The van der Waals surface area contributed by atoms with E-state index < -0.39 is 10.0 Å². The first-order valence-electron chi connectivity index (χ1n) is 14.9. The Morgan fingerprint density at radius 1 is 1.02 bits per heavy atom. The second-order valence-electron chi connectivity index (χ2n) is 12.4. The number of nitrogens with one attached hydrogen (secondary N) is 1. The number of rotatable bonds is 8. The van der Waals surface area contributed by atoms with E-state index in [2.05, 4.69) is 16.8 Å². The normalized spacial score (nSPS) is 20.4. The van der Waals surface area contributed by atoms with Gasteiger partial charge >= 0.3 is 0 Å². The third-order valence-electron chi connectivity index (χ3n) is 9.19. The van der Waals surface area contributed by atoms with Gasteiger partial charge in [0.05, 0.1) is 35.7 Å². The van der Waals surface area contributed by atoms with E-state index in [0.29, 0.717) is 54.7 Å². The number of aromatic nitrogens is 2. The zero-order chi connectivity index (χ0) is 27.9. The number of hydrogen-bond donors (Lipinski definition) is 1. The second-order valence-corrected chi connectivity index (χ2v) is 14.4. The average molecular weight is 567 g/mol. The van der Waals surface area contributed by atoms with Gasteiger partial charge in [-0.3, -0.25) is 4.79 Å². The van der Waals surface area contributed by atoms with Crippen molar-refractivity contribution in [2.45, 2.75) is 76.7 Å². The minimum absolute atomic E-state index is 0.0213. The van der Waals surface area contributed by atoms with Crippen molar-refractivity contribution in [1.29, 1.82) is 0 Å². The highest BCUT2D eigenvalue weighted by atomic mass is 32.2. The number of sulfonamides is 1. The molecule has 216 valence electrons. The summed E-state index contributed by atoms with van der Waals surface area (Å²) < 4.78 is 39.0. The summed E-state index contributed by atoms with van der Waals surface area (Å²) in [5, 5.41) is 3.15. The van der Waals surface area contributed by atoms with Crippen LogP contribution in [0.5, 0.6) is 0 Å². The molecule has 6 rings (SSSR count). The lowest BCUT2D eigenvalue weighted by atomic mass is 9.88. The Bertz CT molecular complexity index is 1490. The van der Waals surface area contributed by atoms with Gasteiger partial charge in [0.15, 0.2) is 0 Å². The standard InChI is InChI=1S/C31H42N4O4S/c1-23-25(30(36)32-20-31(2)21-39-22-31)17-27(35(23)19-24-11-5-3-6-12-24)28-18-29(26-13-7-10-16-34(26)28)40(37,38)33-14-8-4-9-15-33/h7,10,13,16-18,24H,3-6,8-9,11-12,14-15,19-22H2,1-2H3,(H,32,36). The molecular weight excluding hydrogens is 524 g/mol. The molecule has 1 amide bonds. The largest absolute Gasteiger partial charge is 0.380 e. The van der Waals surface area contributed by atoms with Crippen LogP contribution in [0.15, 0.2) is 41.4 Å². The molecule has 1 N–H and O–H groups in total. The van der Waals surface area contributed by atoms with Gasteiger partial charge in [0.2, 0.25) is 10.0 Å². The summed E-state index contributed by atoms with van der Waals surface area (Å²) in [6.45, 7) is 7.99. The Labute approximate surface area is 237 Å². The van der Waals surface area contributed by atoms with Crippen LogP contribution in [0.3, 0.4) is 0 Å². The number of carbonyl (C=O) groups is 1. The summed E-state index contributed by atoms with van der Waals surface area (Å²) in [7, 11) is -3.64. The molecule has 0 spiro atoms. The third kappa shape index (κ3) is 5.12. The van der Waals surface area contributed by atoms with Crippen LogP contribution in [0.1, 0.15) is 74.3 Å². The van der Waals surface area contributed by atoms with Crippen molar-refractivity contribution >= 4 is 21.4 Å². The summed E-state index contributed by atoms with van der Waals surface area (Å²) in [5.74, 6) is 0.458. The number of hydrogen-bond acceptors (Lipinski definition) is 4. The maximum Gasteiger partial charge on any atom is 0.253 e. The molecule has 3 aromatic heterocycles. The van der Waals surface area contributed by atoms with Crippen molar-refractivity contribution in [1.82, 2.24) is 18.6 Å². The molecule has 9 heteroatoms. The second kappa shape index (κ2) is 11.0. The van der Waals surface area contributed by atoms with E-state index in [4.69, 9.17) is 4.74 Å². The van der Waals surface area contributed by atoms with Crippen LogP contribution in [-0.4, -0.2) is 60.4 Å². The highest BCUT2D eigenvalue weighted by Gasteiger charge is 2.35. The molecule has 0 radical (unpaired) electrons. The first kappa shape index (κ1) is 27.5. The molecule has 3 fully saturated rings. The van der Waals surface area contributed by atoms with E-state index in [-0.39, 0.29) is 11.3 Å². The van der Waals surface area contributed by atoms with Gasteiger partial charge in [0, 0.05) is 43.5 Å². The minimum atomic E-state index is -3.64. The van der Waals surface area contributed by atoms with Crippen molar-refractivity contribution in [3.63, 3.8) is 0 Å². The van der Waals surface area contributed by atoms with Crippen LogP contribution in [0.4, 0.5) is 0 Å². The van der Waals surface area contributed by atoms with Gasteiger partial charge < -0.3 is 19.0 Å². The Hall–Kier alpha value is -2.62. The maximum absolute atomic E-state index is 13.9. The van der Waals surface area contributed by atoms with Gasteiger partial charge in [-0.25, -0.2) is 8.42 Å². The number of amides is 1. The Balaban J connectivity index is 1.43. The van der Waals surface area contributed by atoms with Crippen LogP contribution in [-0.2, 0) is 21.3 Å². The van der Waals surface area contributed by atoms with Gasteiger partial charge in [0.25, 0.3) is 5.91 Å². The highest BCUT2D eigenvalue weighted by Crippen LogP contribution is 2.36. The van der Waals surface area contributed by atoms with Crippen molar-refractivity contribution in [2.24, 2.45) is 11.3 Å². The minimum Gasteiger partial charge on any atom is -0.380 e. The van der Waals surface area contributed by atoms with Crippen LogP contribution in [0.2, 0.25) is 0 Å². The number of pyridine rings is 1. The number of piperidine rings is 1. The Morgan fingerprint density at radius 3 is 2.45 bits per heavy atom. The van der Waals surface area contributed by atoms with Gasteiger partial charge in [-0.05, 0) is 62.8 Å². The zero-order valence-corrected chi connectivity index (χ0v) is 24.6. The van der Waals surface area contributed by atoms with Gasteiger partial charge in [0.1, 0.15) is 4.90 Å². The SMILES string of the molecule is Cc1c(C(=O)NCC2(C)COC2)cc(-c2cc(S(=O)(=O)N3CCCCC3)c3ccccn23)n1CC1CCCCC1. The predicted octanol–water partition coefficient (Wildman–Crippen LogP) is 5.24. The van der Waals surface area contributed by atoms with E-state index in [0.717, 1.165) is 42.9 Å². The number of nitrogens with zero attached hydrogens (tertiary/aromatic N) is 3. The molecule has 2 aliphatic heterocycles. The molecule has 0 unspecified atom stereocenters. The highest BCUT2D eigenvalue weighted by molar-refractivity contribution is 7.89. The molecule has 3 aliphatic rings. The quantitative estimate of drug-likeness (QED) is 0.404. The van der Waals surface area contributed by atoms with E-state index in [9.17, 15) is 13.2 Å². The summed E-state index contributed by atoms with van der Waals surface area (Å²) >= 11 is 0. The van der Waals surface area contributed by atoms with Crippen molar-refractivity contribution in [3.05, 3.63) is 47.8 Å². The first-order chi connectivity index (χ1) is 19.3. The lowest BCUT2D eigenvalue weighted by Gasteiger charge is -2.38. The molecule has 2 saturated heterocycles. The predicted molar refractivity (Wildman–Crippen MR) is 156 cm³/mol. The average Bonchev–Trinajstić information content (AvgIpc) is 3.50. The number of fused-ring (bicyclic) bond motifs is 1. The lowest BCUT2D eigenvalue weighted by molar-refractivity contribution is -0.0978. The molecular formula is C31H42N4O4S. The third-order valence-corrected chi connectivity index (χ3v) is 11.1. The topological polar surface area (TPSA) is 85.0 Å². The fourth-order valence-electron chi connectivity index (χ4n) is 6.66.